The molecule has 0 unspecified atom stereocenters. The zero-order valence-electron chi connectivity index (χ0n) is 13.3. The van der Waals surface area contributed by atoms with E-state index in [-0.39, 0.29) is 30.8 Å². The van der Waals surface area contributed by atoms with Gasteiger partial charge in [-0.15, -0.1) is 0 Å². The molecule has 1 aliphatic heterocycles. The Labute approximate surface area is 134 Å². The minimum Gasteiger partial charge on any atom is -0.351 e. The van der Waals surface area contributed by atoms with Gasteiger partial charge in [-0.3, -0.25) is 25.1 Å². The van der Waals surface area contributed by atoms with Crippen LogP contribution in [0.15, 0.2) is 6.07 Å². The van der Waals surface area contributed by atoms with E-state index >= 15 is 0 Å². The molecule has 1 aromatic heterocycles. The van der Waals surface area contributed by atoms with Gasteiger partial charge < -0.3 is 10.6 Å². The molecule has 1 aromatic rings. The van der Waals surface area contributed by atoms with Crippen molar-refractivity contribution in [2.24, 2.45) is 11.7 Å². The highest BCUT2D eigenvalue weighted by molar-refractivity contribution is 5.84. The van der Waals surface area contributed by atoms with Gasteiger partial charge in [-0.1, -0.05) is 0 Å². The number of carbonyl (C=O) groups is 3. The van der Waals surface area contributed by atoms with Crippen LogP contribution in [-0.4, -0.2) is 45.6 Å². The number of aryl methyl sites for hydroxylation is 2. The van der Waals surface area contributed by atoms with Crippen LogP contribution in [0.1, 0.15) is 24.2 Å². The molecule has 9 nitrogen and oxygen atoms in total. The van der Waals surface area contributed by atoms with Gasteiger partial charge in [-0.2, -0.15) is 5.10 Å². The molecular formula is C14H22N6O3. The summed E-state index contributed by atoms with van der Waals surface area (Å²) in [5.74, 6) is -1.06. The van der Waals surface area contributed by atoms with Crippen molar-refractivity contribution in [3.8, 4) is 0 Å². The maximum absolute atomic E-state index is 12.1. The number of nitrogens with one attached hydrogen (secondary N) is 2. The van der Waals surface area contributed by atoms with Crippen molar-refractivity contribution in [3.05, 3.63) is 17.5 Å². The summed E-state index contributed by atoms with van der Waals surface area (Å²) in [7, 11) is 0. The Bertz CT molecular complexity index is 612. The van der Waals surface area contributed by atoms with Crippen molar-refractivity contribution < 1.29 is 14.4 Å². The van der Waals surface area contributed by atoms with E-state index in [2.05, 4.69) is 16.0 Å². The van der Waals surface area contributed by atoms with Gasteiger partial charge in [-0.05, 0) is 32.8 Å². The van der Waals surface area contributed by atoms with Crippen LogP contribution in [0.3, 0.4) is 0 Å². The lowest BCUT2D eigenvalue weighted by Gasteiger charge is -2.30. The molecule has 2 heterocycles. The number of piperidine rings is 1. The van der Waals surface area contributed by atoms with Crippen LogP contribution in [0.2, 0.25) is 0 Å². The summed E-state index contributed by atoms with van der Waals surface area (Å²) in [5, 5.41) is 4.18. The summed E-state index contributed by atoms with van der Waals surface area (Å²) >= 11 is 0. The maximum Gasteiger partial charge on any atom is 0.314 e. The fourth-order valence-electron chi connectivity index (χ4n) is 2.64. The number of rotatable bonds is 3. The van der Waals surface area contributed by atoms with Crippen LogP contribution in [0, 0.1) is 19.8 Å². The van der Waals surface area contributed by atoms with E-state index in [4.69, 9.17) is 5.73 Å². The lowest BCUT2D eigenvalue weighted by molar-refractivity contribution is -0.132. The van der Waals surface area contributed by atoms with Gasteiger partial charge in [0, 0.05) is 18.8 Å². The SMILES string of the molecule is Cc1cc(C)n(CC(=O)NNC(=O)[C@H]2CCCN(C(N)=O)C2)n1. The highest BCUT2D eigenvalue weighted by Gasteiger charge is 2.27. The molecule has 4 N–H and O–H groups in total. The number of nitrogens with zero attached hydrogens (tertiary/aromatic N) is 3. The van der Waals surface area contributed by atoms with Crippen molar-refractivity contribution >= 4 is 17.8 Å². The monoisotopic (exact) mass is 322 g/mol. The molecule has 1 atom stereocenters. The van der Waals surface area contributed by atoms with Gasteiger partial charge in [-0.25, -0.2) is 4.79 Å². The van der Waals surface area contributed by atoms with Gasteiger partial charge in [0.15, 0.2) is 0 Å². The Morgan fingerprint density at radius 3 is 2.70 bits per heavy atom. The maximum atomic E-state index is 12.1. The van der Waals surface area contributed by atoms with Crippen molar-refractivity contribution in [1.82, 2.24) is 25.5 Å². The van der Waals surface area contributed by atoms with Gasteiger partial charge >= 0.3 is 6.03 Å². The second-order valence-corrected chi connectivity index (χ2v) is 5.75. The minimum atomic E-state index is -0.531. The van der Waals surface area contributed by atoms with Gasteiger partial charge in [0.25, 0.3) is 5.91 Å². The molecular weight excluding hydrogens is 300 g/mol. The van der Waals surface area contributed by atoms with Gasteiger partial charge in [0.2, 0.25) is 5.91 Å². The average molecular weight is 322 g/mol. The van der Waals surface area contributed by atoms with Crippen LogP contribution in [0.4, 0.5) is 4.79 Å². The third-order valence-corrected chi connectivity index (χ3v) is 3.83. The van der Waals surface area contributed by atoms with Crippen molar-refractivity contribution in [1.29, 1.82) is 0 Å². The van der Waals surface area contributed by atoms with E-state index in [1.807, 2.05) is 19.9 Å². The summed E-state index contributed by atoms with van der Waals surface area (Å²) < 4.78 is 1.56. The highest BCUT2D eigenvalue weighted by Crippen LogP contribution is 2.15. The number of aromatic nitrogens is 2. The smallest absolute Gasteiger partial charge is 0.314 e. The number of nitrogens with two attached hydrogens (primary N) is 1. The van der Waals surface area contributed by atoms with Crippen LogP contribution in [0.5, 0.6) is 0 Å². The molecule has 0 saturated carbocycles. The molecule has 2 rings (SSSR count). The summed E-state index contributed by atoms with van der Waals surface area (Å²) in [6.07, 6.45) is 1.36. The second-order valence-electron chi connectivity index (χ2n) is 5.75. The Balaban J connectivity index is 1.80. The first-order valence-electron chi connectivity index (χ1n) is 7.51. The molecule has 4 amide bonds. The Kier molecular flexibility index (Phi) is 5.20. The summed E-state index contributed by atoms with van der Waals surface area (Å²) in [6.45, 7) is 4.55. The molecule has 0 spiro atoms. The van der Waals surface area contributed by atoms with Crippen molar-refractivity contribution in [2.75, 3.05) is 13.1 Å². The minimum absolute atomic E-state index is 0.0258. The summed E-state index contributed by atoms with van der Waals surface area (Å²) in [4.78, 5) is 36.5. The number of hydrazine groups is 1. The molecule has 126 valence electrons. The standard InChI is InChI=1S/C14H22N6O3/c1-9-6-10(2)20(18-9)8-12(21)16-17-13(22)11-4-3-5-19(7-11)14(15)23/h6,11H,3-5,7-8H2,1-2H3,(H2,15,23)(H,16,21)(H,17,22)/t11-/m0/s1. The molecule has 9 heteroatoms. The fraction of sp³-hybridized carbons (Fsp3) is 0.571. The quantitative estimate of drug-likeness (QED) is 0.645. The fourth-order valence-corrected chi connectivity index (χ4v) is 2.64. The number of urea groups is 1. The normalized spacial score (nSPS) is 17.7. The van der Waals surface area contributed by atoms with Crippen LogP contribution >= 0.6 is 0 Å². The Hall–Kier alpha value is -2.58. The van der Waals surface area contributed by atoms with Crippen LogP contribution in [0.25, 0.3) is 0 Å². The number of carbonyl (C=O) groups excluding carboxylic acids is 3. The zero-order chi connectivity index (χ0) is 17.0. The highest BCUT2D eigenvalue weighted by atomic mass is 16.2. The predicted octanol–water partition coefficient (Wildman–Crippen LogP) is -0.562. The van der Waals surface area contributed by atoms with E-state index < -0.39 is 6.03 Å². The number of amides is 4. The van der Waals surface area contributed by atoms with Crippen LogP contribution in [-0.2, 0) is 16.1 Å². The third kappa shape index (κ3) is 4.44. The number of likely N-dealkylation sites (tertiary alicyclic amines) is 1. The lowest BCUT2D eigenvalue weighted by Crippen LogP contribution is -2.51. The molecule has 1 saturated heterocycles. The third-order valence-electron chi connectivity index (χ3n) is 3.83. The topological polar surface area (TPSA) is 122 Å². The molecule has 0 aliphatic carbocycles. The second kappa shape index (κ2) is 7.12. The van der Waals surface area contributed by atoms with E-state index in [0.717, 1.165) is 11.4 Å². The zero-order valence-corrected chi connectivity index (χ0v) is 13.3. The first-order chi connectivity index (χ1) is 10.9. The Morgan fingerprint density at radius 1 is 1.35 bits per heavy atom. The summed E-state index contributed by atoms with van der Waals surface area (Å²) in [6, 6.07) is 1.34. The van der Waals surface area contributed by atoms with Crippen LogP contribution < -0.4 is 16.6 Å². The predicted molar refractivity (Wildman–Crippen MR) is 81.9 cm³/mol. The molecule has 23 heavy (non-hydrogen) atoms. The van der Waals surface area contributed by atoms with Gasteiger partial charge in [0.1, 0.15) is 6.54 Å². The Morgan fingerprint density at radius 2 is 2.09 bits per heavy atom. The van der Waals surface area contributed by atoms with E-state index in [1.165, 1.54) is 4.90 Å². The average Bonchev–Trinajstić information content (AvgIpc) is 2.82. The first kappa shape index (κ1) is 16.8. The lowest BCUT2D eigenvalue weighted by atomic mass is 9.98. The molecule has 1 aliphatic rings. The number of primary amides is 1. The molecule has 0 bridgehead atoms. The molecule has 0 aromatic carbocycles. The summed E-state index contributed by atoms with van der Waals surface area (Å²) in [5.41, 5.74) is 11.7. The van der Waals surface area contributed by atoms with Crippen molar-refractivity contribution in [3.63, 3.8) is 0 Å². The van der Waals surface area contributed by atoms with Crippen molar-refractivity contribution in [2.45, 2.75) is 33.2 Å². The van der Waals surface area contributed by atoms with E-state index in [1.54, 1.807) is 4.68 Å². The first-order valence-corrected chi connectivity index (χ1v) is 7.51. The molecule has 0 radical (unpaired) electrons. The van der Waals surface area contributed by atoms with E-state index in [0.29, 0.717) is 19.4 Å². The largest absolute Gasteiger partial charge is 0.351 e. The number of hydrogen-bond acceptors (Lipinski definition) is 4. The molecule has 1 fully saturated rings. The van der Waals surface area contributed by atoms with Gasteiger partial charge in [0.05, 0.1) is 11.6 Å². The number of hydrogen-bond donors (Lipinski definition) is 3. The van der Waals surface area contributed by atoms with E-state index in [9.17, 15) is 14.4 Å².